The van der Waals surface area contributed by atoms with E-state index in [9.17, 15) is 19.7 Å². The molecule has 9 heteroatoms. The smallest absolute Gasteiger partial charge is 0.311 e. The maximum absolute atomic E-state index is 12.3. The zero-order chi connectivity index (χ0) is 17.9. The lowest BCUT2D eigenvalue weighted by Gasteiger charge is -2.13. The standard InChI is InChI=1S/C15H18N2O7/c1-3-24-12-6-9(10(17(21)22)7-11(12)23-2)13(18)16-8-15(4-5-15)14(19)20/h6-7H,3-5,8H2,1-2H3,(H,16,18)(H,19,20). The van der Waals surface area contributed by atoms with Crippen molar-refractivity contribution in [2.45, 2.75) is 19.8 Å². The fourth-order valence-corrected chi connectivity index (χ4v) is 2.27. The lowest BCUT2D eigenvalue weighted by molar-refractivity contribution is -0.385. The first kappa shape index (κ1) is 17.5. The summed E-state index contributed by atoms with van der Waals surface area (Å²) in [5, 5.41) is 22.8. The number of hydrogen-bond donors (Lipinski definition) is 2. The van der Waals surface area contributed by atoms with E-state index >= 15 is 0 Å². The molecule has 0 aliphatic heterocycles. The fourth-order valence-electron chi connectivity index (χ4n) is 2.27. The van der Waals surface area contributed by atoms with Crippen molar-refractivity contribution in [1.82, 2.24) is 5.32 Å². The zero-order valence-corrected chi connectivity index (χ0v) is 13.3. The van der Waals surface area contributed by atoms with Gasteiger partial charge in [0.25, 0.3) is 11.6 Å². The Kier molecular flexibility index (Phi) is 4.91. The van der Waals surface area contributed by atoms with E-state index in [-0.39, 0.29) is 30.2 Å². The van der Waals surface area contributed by atoms with Crippen molar-refractivity contribution in [3.05, 3.63) is 27.8 Å². The van der Waals surface area contributed by atoms with Gasteiger partial charge in [0.15, 0.2) is 11.5 Å². The molecule has 1 aliphatic rings. The number of carboxylic acid groups (broad SMARTS) is 1. The molecule has 0 heterocycles. The number of nitrogens with one attached hydrogen (secondary N) is 1. The van der Waals surface area contributed by atoms with Gasteiger partial charge in [-0.25, -0.2) is 0 Å². The monoisotopic (exact) mass is 338 g/mol. The number of benzene rings is 1. The van der Waals surface area contributed by atoms with Crippen LogP contribution in [0.1, 0.15) is 30.1 Å². The van der Waals surface area contributed by atoms with E-state index in [4.69, 9.17) is 14.6 Å². The van der Waals surface area contributed by atoms with Crippen LogP contribution in [-0.2, 0) is 4.79 Å². The van der Waals surface area contributed by atoms with E-state index in [1.54, 1.807) is 6.92 Å². The van der Waals surface area contributed by atoms with Gasteiger partial charge in [0.2, 0.25) is 0 Å². The third kappa shape index (κ3) is 3.39. The average Bonchev–Trinajstić information content (AvgIpc) is 3.33. The number of rotatable bonds is 8. The molecule has 9 nitrogen and oxygen atoms in total. The van der Waals surface area contributed by atoms with Crippen molar-refractivity contribution >= 4 is 17.6 Å². The topological polar surface area (TPSA) is 128 Å². The molecule has 0 unspecified atom stereocenters. The van der Waals surface area contributed by atoms with Crippen molar-refractivity contribution in [2.24, 2.45) is 5.41 Å². The second-order valence-electron chi connectivity index (χ2n) is 5.48. The molecule has 1 fully saturated rings. The highest BCUT2D eigenvalue weighted by molar-refractivity contribution is 5.99. The Bertz CT molecular complexity index is 683. The van der Waals surface area contributed by atoms with Crippen molar-refractivity contribution in [2.75, 3.05) is 20.3 Å². The second-order valence-corrected chi connectivity index (χ2v) is 5.48. The number of aliphatic carboxylic acids is 1. The molecule has 0 spiro atoms. The van der Waals surface area contributed by atoms with Gasteiger partial charge < -0.3 is 19.9 Å². The average molecular weight is 338 g/mol. The lowest BCUT2D eigenvalue weighted by atomic mass is 10.1. The van der Waals surface area contributed by atoms with Gasteiger partial charge >= 0.3 is 5.97 Å². The first-order valence-electron chi connectivity index (χ1n) is 7.35. The lowest BCUT2D eigenvalue weighted by Crippen LogP contribution is -2.34. The Balaban J connectivity index is 2.29. The summed E-state index contributed by atoms with van der Waals surface area (Å²) in [5.74, 6) is -1.36. The summed E-state index contributed by atoms with van der Waals surface area (Å²) >= 11 is 0. The van der Waals surface area contributed by atoms with Crippen LogP contribution >= 0.6 is 0 Å². The van der Waals surface area contributed by atoms with Gasteiger partial charge in [0, 0.05) is 12.6 Å². The Hall–Kier alpha value is -2.84. The van der Waals surface area contributed by atoms with Crippen LogP contribution in [0.2, 0.25) is 0 Å². The predicted molar refractivity (Wildman–Crippen MR) is 82.5 cm³/mol. The second kappa shape index (κ2) is 6.73. The molecule has 0 radical (unpaired) electrons. The summed E-state index contributed by atoms with van der Waals surface area (Å²) in [5.41, 5.74) is -1.60. The van der Waals surface area contributed by atoms with Crippen LogP contribution in [0.5, 0.6) is 11.5 Å². The molecule has 0 saturated heterocycles. The number of nitrogens with zero attached hydrogens (tertiary/aromatic N) is 1. The molecule has 1 saturated carbocycles. The van der Waals surface area contributed by atoms with Crippen LogP contribution in [0.25, 0.3) is 0 Å². The highest BCUT2D eigenvalue weighted by Gasteiger charge is 2.50. The molecule has 1 amide bonds. The SMILES string of the molecule is CCOc1cc(C(=O)NCC2(C(=O)O)CC2)c([N+](=O)[O-])cc1OC. The number of carboxylic acids is 1. The molecule has 0 atom stereocenters. The van der Waals surface area contributed by atoms with E-state index in [1.807, 2.05) is 0 Å². The first-order chi connectivity index (χ1) is 11.3. The molecular weight excluding hydrogens is 320 g/mol. The van der Waals surface area contributed by atoms with Gasteiger partial charge in [-0.1, -0.05) is 0 Å². The van der Waals surface area contributed by atoms with Gasteiger partial charge in [0.05, 0.1) is 30.1 Å². The maximum atomic E-state index is 12.3. The summed E-state index contributed by atoms with van der Waals surface area (Å²) < 4.78 is 10.4. The molecule has 1 aromatic carbocycles. The number of amides is 1. The van der Waals surface area contributed by atoms with Crippen molar-refractivity contribution < 1.29 is 29.1 Å². The quantitative estimate of drug-likeness (QED) is 0.544. The molecule has 24 heavy (non-hydrogen) atoms. The van der Waals surface area contributed by atoms with Crippen molar-refractivity contribution in [3.63, 3.8) is 0 Å². The normalized spacial score (nSPS) is 14.6. The Labute approximate surface area is 137 Å². The van der Waals surface area contributed by atoms with Gasteiger partial charge in [-0.15, -0.1) is 0 Å². The molecule has 1 aliphatic carbocycles. The minimum Gasteiger partial charge on any atom is -0.493 e. The van der Waals surface area contributed by atoms with Crippen molar-refractivity contribution in [3.8, 4) is 11.5 Å². The summed E-state index contributed by atoms with van der Waals surface area (Å²) in [6.07, 6.45) is 0.940. The van der Waals surface area contributed by atoms with Gasteiger partial charge in [-0.05, 0) is 19.8 Å². The van der Waals surface area contributed by atoms with Crippen LogP contribution < -0.4 is 14.8 Å². The Morgan fingerprint density at radius 1 is 1.38 bits per heavy atom. The summed E-state index contributed by atoms with van der Waals surface area (Å²) in [6, 6.07) is 2.35. The molecule has 2 rings (SSSR count). The summed E-state index contributed by atoms with van der Waals surface area (Å²) in [6.45, 7) is 1.94. The largest absolute Gasteiger partial charge is 0.493 e. The van der Waals surface area contributed by atoms with Crippen LogP contribution in [0, 0.1) is 15.5 Å². The van der Waals surface area contributed by atoms with Gasteiger partial charge in [-0.3, -0.25) is 19.7 Å². The third-order valence-electron chi connectivity index (χ3n) is 3.92. The molecule has 130 valence electrons. The Morgan fingerprint density at radius 2 is 2.04 bits per heavy atom. The number of nitro groups is 1. The van der Waals surface area contributed by atoms with E-state index in [2.05, 4.69) is 5.32 Å². The van der Waals surface area contributed by atoms with E-state index < -0.39 is 27.9 Å². The molecule has 2 N–H and O–H groups in total. The fraction of sp³-hybridized carbons (Fsp3) is 0.467. The predicted octanol–water partition coefficient (Wildman–Crippen LogP) is 1.60. The molecule has 1 aromatic rings. The molecular formula is C15H18N2O7. The van der Waals surface area contributed by atoms with Crippen LogP contribution in [0.3, 0.4) is 0 Å². The minimum absolute atomic E-state index is 0.0751. The molecule has 0 aromatic heterocycles. The minimum atomic E-state index is -0.984. The highest BCUT2D eigenvalue weighted by Crippen LogP contribution is 2.45. The number of carbonyl (C=O) groups is 2. The highest BCUT2D eigenvalue weighted by atomic mass is 16.6. The number of carbonyl (C=O) groups excluding carboxylic acids is 1. The maximum Gasteiger partial charge on any atom is 0.311 e. The van der Waals surface area contributed by atoms with Gasteiger partial charge in [-0.2, -0.15) is 0 Å². The van der Waals surface area contributed by atoms with Crippen LogP contribution in [0.4, 0.5) is 5.69 Å². The number of ether oxygens (including phenoxy) is 2. The van der Waals surface area contributed by atoms with E-state index in [1.165, 1.54) is 13.2 Å². The van der Waals surface area contributed by atoms with E-state index in [0.29, 0.717) is 12.8 Å². The summed E-state index contributed by atoms with van der Waals surface area (Å²) in [4.78, 5) is 34.0. The van der Waals surface area contributed by atoms with Gasteiger partial charge in [0.1, 0.15) is 5.56 Å². The number of methoxy groups -OCH3 is 1. The van der Waals surface area contributed by atoms with Crippen molar-refractivity contribution in [1.29, 1.82) is 0 Å². The molecule has 0 bridgehead atoms. The first-order valence-corrected chi connectivity index (χ1v) is 7.35. The zero-order valence-electron chi connectivity index (χ0n) is 13.3. The number of hydrogen-bond acceptors (Lipinski definition) is 6. The summed E-state index contributed by atoms with van der Waals surface area (Å²) in [7, 11) is 1.34. The van der Waals surface area contributed by atoms with E-state index in [0.717, 1.165) is 6.07 Å². The third-order valence-corrected chi connectivity index (χ3v) is 3.92. The Morgan fingerprint density at radius 3 is 2.50 bits per heavy atom. The van der Waals surface area contributed by atoms with Crippen LogP contribution in [0.15, 0.2) is 12.1 Å². The number of nitro benzene ring substituents is 1. The van der Waals surface area contributed by atoms with Crippen LogP contribution in [-0.4, -0.2) is 42.2 Å².